The molecule has 0 fully saturated rings. The van der Waals surface area contributed by atoms with Crippen LogP contribution in [0.25, 0.3) is 22.3 Å². The van der Waals surface area contributed by atoms with Gasteiger partial charge in [0.05, 0.1) is 63.2 Å². The van der Waals surface area contributed by atoms with Crippen molar-refractivity contribution in [1.82, 2.24) is 19.9 Å². The zero-order valence-electron chi connectivity index (χ0n) is 40.6. The third kappa shape index (κ3) is 13.1. The summed E-state index contributed by atoms with van der Waals surface area (Å²) in [7, 11) is -17.8. The fourth-order valence-corrected chi connectivity index (χ4v) is 14.0. The second-order valence-electron chi connectivity index (χ2n) is 18.4. The summed E-state index contributed by atoms with van der Waals surface area (Å²) in [4.78, 5) is 13.9. The molecule has 0 amide bonds. The first-order valence-electron chi connectivity index (χ1n) is 23.4. The highest BCUT2D eigenvalue weighted by molar-refractivity contribution is 7.86. The molecule has 420 valence electrons. The van der Waals surface area contributed by atoms with Gasteiger partial charge < -0.3 is 19.9 Å². The van der Waals surface area contributed by atoms with E-state index in [9.17, 15) is 51.9 Å². The summed E-state index contributed by atoms with van der Waals surface area (Å²) < 4.78 is 135. The molecular formula is C52H40Cl8N4O12S4. The van der Waals surface area contributed by atoms with Crippen LogP contribution in [0.3, 0.4) is 0 Å². The number of fused-ring (bicyclic) bond motifs is 8. The average Bonchev–Trinajstić information content (AvgIpc) is 4.22. The second kappa shape index (κ2) is 23.2. The molecule has 0 aliphatic carbocycles. The van der Waals surface area contributed by atoms with E-state index < -0.39 is 63.5 Å². The Hall–Kier alpha value is -4.56. The van der Waals surface area contributed by atoms with Gasteiger partial charge in [0.25, 0.3) is 40.5 Å². The number of H-pyrrole nitrogens is 4. The number of hydrogen-bond acceptors (Lipinski definition) is 8. The van der Waals surface area contributed by atoms with E-state index in [1.54, 1.807) is 48.5 Å². The molecule has 8 aromatic rings. The number of aromatic amines is 4. The van der Waals surface area contributed by atoms with E-state index in [4.69, 9.17) is 92.8 Å². The van der Waals surface area contributed by atoms with Crippen molar-refractivity contribution in [2.24, 2.45) is 0 Å². The Kier molecular flexibility index (Phi) is 17.4. The Morgan fingerprint density at radius 3 is 0.675 bits per heavy atom. The summed E-state index contributed by atoms with van der Waals surface area (Å²) >= 11 is 57.4. The van der Waals surface area contributed by atoms with Crippen molar-refractivity contribution in [2.75, 3.05) is 23.0 Å². The Morgan fingerprint density at radius 1 is 0.287 bits per heavy atom. The van der Waals surface area contributed by atoms with Gasteiger partial charge in [0.2, 0.25) is 0 Å². The van der Waals surface area contributed by atoms with Crippen LogP contribution in [0.4, 0.5) is 0 Å². The topological polar surface area (TPSA) is 281 Å². The van der Waals surface area contributed by atoms with E-state index in [0.717, 1.165) is 0 Å². The van der Waals surface area contributed by atoms with Crippen molar-refractivity contribution in [3.63, 3.8) is 0 Å². The van der Waals surface area contributed by atoms with Crippen molar-refractivity contribution in [2.45, 2.75) is 25.7 Å². The lowest BCUT2D eigenvalue weighted by molar-refractivity contribution is 0.480. The van der Waals surface area contributed by atoms with Gasteiger partial charge in [-0.3, -0.25) is 18.2 Å². The van der Waals surface area contributed by atoms with Gasteiger partial charge >= 0.3 is 0 Å². The summed E-state index contributed by atoms with van der Waals surface area (Å²) in [5, 5.41) is 1.83. The molecule has 1 aliphatic rings. The molecule has 80 heavy (non-hydrogen) atoms. The van der Waals surface area contributed by atoms with E-state index >= 15 is 0 Å². The van der Waals surface area contributed by atoms with Gasteiger partial charge in [0.1, 0.15) is 0 Å². The molecule has 0 radical (unpaired) electrons. The highest BCUT2D eigenvalue weighted by Crippen LogP contribution is 2.42. The first-order chi connectivity index (χ1) is 37.5. The molecule has 8 N–H and O–H groups in total. The van der Waals surface area contributed by atoms with E-state index in [0.29, 0.717) is 88.7 Å². The molecule has 0 spiro atoms. The van der Waals surface area contributed by atoms with Crippen molar-refractivity contribution >= 4 is 156 Å². The van der Waals surface area contributed by atoms with Gasteiger partial charge in [0.15, 0.2) is 0 Å². The fraction of sp³-hybridized carbons (Fsp3) is 0.154. The van der Waals surface area contributed by atoms with Gasteiger partial charge in [0, 0.05) is 88.7 Å². The monoisotopic (exact) mass is 1320 g/mol. The van der Waals surface area contributed by atoms with Crippen molar-refractivity contribution < 1.29 is 51.9 Å². The summed E-state index contributed by atoms with van der Waals surface area (Å²) in [6, 6.07) is 25.7. The first-order valence-corrected chi connectivity index (χ1v) is 32.9. The highest BCUT2D eigenvalue weighted by Gasteiger charge is 2.28. The SMILES string of the molecule is O=S(=O)(O)CCc1ccc(Cl)c(C2=c3ccc([nH]3)=C(c3c(Cl)ccc(CCS(=O)(=O)O)c3Cl)c3ccc([nH]3)C(c3c(Cl)ccc(CCS(=O)(=O)O)c3Cl)=c3ccc([nH]3)=C(c3c(Cl)ccc(CCS(=O)(=O)O)c3Cl)c3ccc2[nH]3)c1Cl. The van der Waals surface area contributed by atoms with E-state index in [1.807, 2.05) is 0 Å². The van der Waals surface area contributed by atoms with Gasteiger partial charge in [-0.25, -0.2) is 0 Å². The summed E-state index contributed by atoms with van der Waals surface area (Å²) in [5.41, 5.74) is 4.57. The predicted octanol–water partition coefficient (Wildman–Crippen LogP) is 9.25. The molecule has 5 heterocycles. The molecule has 0 unspecified atom stereocenters. The molecule has 4 aromatic carbocycles. The molecule has 0 saturated heterocycles. The number of aromatic nitrogens is 4. The Bertz CT molecular complexity index is 4040. The minimum Gasteiger partial charge on any atom is -0.354 e. The van der Waals surface area contributed by atoms with Gasteiger partial charge in [-0.15, -0.1) is 0 Å². The maximum absolute atomic E-state index is 12.0. The second-order valence-corrected chi connectivity index (χ2v) is 27.8. The molecule has 16 nitrogen and oxygen atoms in total. The lowest BCUT2D eigenvalue weighted by Gasteiger charge is -2.16. The van der Waals surface area contributed by atoms with Crippen LogP contribution in [0.1, 0.15) is 67.3 Å². The molecule has 4 aromatic heterocycles. The summed E-state index contributed by atoms with van der Waals surface area (Å²) in [6.45, 7) is 0. The van der Waals surface area contributed by atoms with Gasteiger partial charge in [-0.2, -0.15) is 33.7 Å². The highest BCUT2D eigenvalue weighted by atomic mass is 35.5. The van der Waals surface area contributed by atoms with Crippen LogP contribution in [0.5, 0.6) is 0 Å². The van der Waals surface area contributed by atoms with Crippen molar-refractivity contribution in [3.8, 4) is 0 Å². The number of benzene rings is 4. The maximum Gasteiger partial charge on any atom is 0.265 e. The fourth-order valence-electron chi connectivity index (χ4n) is 9.43. The van der Waals surface area contributed by atoms with Crippen LogP contribution in [-0.2, 0) is 66.2 Å². The van der Waals surface area contributed by atoms with Gasteiger partial charge in [-0.1, -0.05) is 117 Å². The smallest absolute Gasteiger partial charge is 0.265 e. The summed E-state index contributed by atoms with van der Waals surface area (Å²) in [6.07, 6.45) is -0.883. The number of aryl methyl sites for hydroxylation is 4. The van der Waals surface area contributed by atoms with Crippen LogP contribution in [0, 0.1) is 0 Å². The Balaban J connectivity index is 1.47. The maximum atomic E-state index is 12.0. The van der Waals surface area contributed by atoms with Crippen molar-refractivity contribution in [1.29, 1.82) is 0 Å². The molecular weight excluding hydrogens is 1280 g/mol. The average molecular weight is 1320 g/mol. The molecule has 1 aliphatic heterocycles. The molecule has 9 rings (SSSR count). The van der Waals surface area contributed by atoms with E-state index in [1.165, 1.54) is 48.5 Å². The number of hydrogen-bond donors (Lipinski definition) is 8. The number of nitrogens with one attached hydrogen (secondary N) is 4. The van der Waals surface area contributed by atoms with Crippen LogP contribution in [0.2, 0.25) is 40.2 Å². The third-order valence-electron chi connectivity index (χ3n) is 13.1. The van der Waals surface area contributed by atoms with Crippen LogP contribution < -0.4 is 21.4 Å². The first kappa shape index (κ1) is 60.0. The number of rotatable bonds is 16. The largest absolute Gasteiger partial charge is 0.354 e. The summed E-state index contributed by atoms with van der Waals surface area (Å²) in [5.74, 6) is -2.71. The predicted molar refractivity (Wildman–Crippen MR) is 314 cm³/mol. The molecule has 0 saturated carbocycles. The lowest BCUT2D eigenvalue weighted by Crippen LogP contribution is -2.20. The van der Waals surface area contributed by atoms with E-state index in [2.05, 4.69) is 19.9 Å². The van der Waals surface area contributed by atoms with E-state index in [-0.39, 0.29) is 88.1 Å². The number of halogens is 8. The molecule has 0 atom stereocenters. The minimum absolute atomic E-state index is 0.0203. The molecule has 28 heteroatoms. The van der Waals surface area contributed by atoms with Crippen molar-refractivity contribution in [3.05, 3.63) is 226 Å². The third-order valence-corrected chi connectivity index (χ3v) is 19.0. The quantitative estimate of drug-likeness (QED) is 0.0420. The zero-order chi connectivity index (χ0) is 58.0. The zero-order valence-corrected chi connectivity index (χ0v) is 49.9. The minimum atomic E-state index is -4.46. The van der Waals surface area contributed by atoms with Crippen LogP contribution in [0.15, 0.2) is 97.1 Å². The standard InChI is InChI=1S/C52H40Cl8N4O12S4/c53-29-5-1-25(17-21-77(65,66)67)49(57)41(29)45-33-9-11-35(61-33)46(42-30(54)6-2-26(50(42)58)18-22-78(68,69)70)37-13-15-39(63-37)48(44-32(56)8-4-28(52(44)60)20-24-80(74,75)76)40-16-14-38(64-40)47(36-12-10-34(45)62-36)43-31(55)7-3-27(51(43)59)19-23-79(71,72)73/h1-16,61-64H,17-24H2,(H,65,66,67)(H,68,69,70)(H,71,72,73)(H,74,75,76). The van der Waals surface area contributed by atoms with Crippen LogP contribution in [-0.4, -0.2) is 94.8 Å². The lowest BCUT2D eigenvalue weighted by atomic mass is 9.98. The van der Waals surface area contributed by atoms with Crippen LogP contribution >= 0.6 is 92.8 Å². The Morgan fingerprint density at radius 2 is 0.487 bits per heavy atom. The normalized spacial score (nSPS) is 13.4. The van der Waals surface area contributed by atoms with Gasteiger partial charge in [-0.05, 0) is 121 Å². The molecule has 8 bridgehead atoms. The Labute approximate surface area is 497 Å².